The molecule has 6 aliphatic rings. The lowest BCUT2D eigenvalue weighted by molar-refractivity contribution is -0.0798. The third kappa shape index (κ3) is 5.15. The first-order valence-corrected chi connectivity index (χ1v) is 18.0. The summed E-state index contributed by atoms with van der Waals surface area (Å²) in [6, 6.07) is 19.2. The molecule has 4 heteroatoms. The van der Waals surface area contributed by atoms with E-state index in [9.17, 15) is 5.11 Å². The van der Waals surface area contributed by atoms with E-state index in [4.69, 9.17) is 9.47 Å². The molecule has 4 aliphatic carbocycles. The van der Waals surface area contributed by atoms with Gasteiger partial charge in [-0.05, 0) is 124 Å². The summed E-state index contributed by atoms with van der Waals surface area (Å²) in [5.74, 6) is 5.13. The monoisotopic (exact) mass is 607 g/mol. The summed E-state index contributed by atoms with van der Waals surface area (Å²) in [6.07, 6.45) is 13.0. The molecule has 10 unspecified atom stereocenters. The van der Waals surface area contributed by atoms with Gasteiger partial charge in [-0.2, -0.15) is 0 Å². The molecule has 1 N–H and O–H groups in total. The Kier molecular flexibility index (Phi) is 7.58. The number of rotatable bonds is 4. The van der Waals surface area contributed by atoms with Crippen LogP contribution in [0.2, 0.25) is 0 Å². The topological polar surface area (TPSA) is 41.9 Å². The Balaban J connectivity index is 1.000. The van der Waals surface area contributed by atoms with Crippen molar-refractivity contribution in [1.29, 1.82) is 0 Å². The maximum atomic E-state index is 10.4. The molecular weight excluding hydrogens is 554 g/mol. The standard InChI is InChI=1S/C41H53NO3/c1-26-20-38-39(42(24-26)25-29-10-13-33(14-11-29)44-32-8-6-5-7-9-32)28(3)41(45-38)19-17-34-35-15-12-30-21-31(43)16-18-40(30,4)37(35)22-36(34)27(2)23-41/h5-14,26,28,31,34-35,37-39,43H,15-25H2,1-4H3. The lowest BCUT2D eigenvalue weighted by Gasteiger charge is -2.49. The van der Waals surface area contributed by atoms with Gasteiger partial charge in [0.05, 0.1) is 17.8 Å². The van der Waals surface area contributed by atoms with Crippen LogP contribution in [-0.4, -0.2) is 40.4 Å². The van der Waals surface area contributed by atoms with Crippen molar-refractivity contribution in [3.63, 3.8) is 0 Å². The molecule has 4 fully saturated rings. The van der Waals surface area contributed by atoms with Gasteiger partial charge < -0.3 is 14.6 Å². The highest BCUT2D eigenvalue weighted by atomic mass is 16.5. The predicted molar refractivity (Wildman–Crippen MR) is 180 cm³/mol. The molecule has 45 heavy (non-hydrogen) atoms. The first-order chi connectivity index (χ1) is 21.7. The van der Waals surface area contributed by atoms with Crippen molar-refractivity contribution >= 4 is 0 Å². The molecule has 2 aromatic carbocycles. The van der Waals surface area contributed by atoms with Crippen LogP contribution in [-0.2, 0) is 11.3 Å². The number of aliphatic hydroxyl groups excluding tert-OH is 1. The number of nitrogens with zero attached hydrogens (tertiary/aromatic N) is 1. The van der Waals surface area contributed by atoms with Crippen molar-refractivity contribution in [3.8, 4) is 11.5 Å². The highest BCUT2D eigenvalue weighted by molar-refractivity contribution is 5.35. The third-order valence-corrected chi connectivity index (χ3v) is 13.6. The normalized spacial score (nSPS) is 41.1. The number of ether oxygens (including phenoxy) is 2. The van der Waals surface area contributed by atoms with Gasteiger partial charge in [-0.3, -0.25) is 4.90 Å². The fourth-order valence-corrected chi connectivity index (χ4v) is 11.3. The number of piperidine rings is 1. The van der Waals surface area contributed by atoms with Gasteiger partial charge >= 0.3 is 0 Å². The van der Waals surface area contributed by atoms with E-state index in [1.807, 2.05) is 30.3 Å². The van der Waals surface area contributed by atoms with Gasteiger partial charge in [0, 0.05) is 25.0 Å². The molecule has 0 aromatic heterocycles. The molecule has 1 spiro atoms. The largest absolute Gasteiger partial charge is 0.457 e. The van der Waals surface area contributed by atoms with Crippen molar-refractivity contribution in [3.05, 3.63) is 83.0 Å². The molecule has 10 atom stereocenters. The molecular formula is C41H53NO3. The fourth-order valence-electron chi connectivity index (χ4n) is 11.3. The van der Waals surface area contributed by atoms with Crippen LogP contribution >= 0.6 is 0 Å². The molecule has 240 valence electrons. The zero-order valence-electron chi connectivity index (χ0n) is 27.9. The summed E-state index contributed by atoms with van der Waals surface area (Å²) in [6.45, 7) is 12.1. The van der Waals surface area contributed by atoms with Crippen molar-refractivity contribution in [1.82, 2.24) is 4.90 Å². The van der Waals surface area contributed by atoms with Crippen LogP contribution in [0.5, 0.6) is 11.5 Å². The molecule has 0 radical (unpaired) electrons. The van der Waals surface area contributed by atoms with Gasteiger partial charge in [-0.1, -0.05) is 73.9 Å². The van der Waals surface area contributed by atoms with Crippen LogP contribution in [0.4, 0.5) is 0 Å². The quantitative estimate of drug-likeness (QED) is 0.352. The number of para-hydroxylation sites is 1. The van der Waals surface area contributed by atoms with E-state index in [1.165, 1.54) is 37.7 Å². The van der Waals surface area contributed by atoms with Gasteiger partial charge in [0.2, 0.25) is 0 Å². The Hall–Kier alpha value is -2.40. The first-order valence-electron chi connectivity index (χ1n) is 18.0. The molecule has 0 bridgehead atoms. The number of likely N-dealkylation sites (tertiary alicyclic amines) is 1. The van der Waals surface area contributed by atoms with Crippen LogP contribution in [0.25, 0.3) is 0 Å². The van der Waals surface area contributed by atoms with Crippen LogP contribution in [0, 0.1) is 35.0 Å². The SMILES string of the molecule is CC1=C2CC3C(CC=C4CC(O)CCC43C)C2CCC2(C1)OC1CC(C)CN(Cc3ccc(Oc4ccccc4)cc3)C1C2C. The van der Waals surface area contributed by atoms with E-state index in [-0.39, 0.29) is 17.1 Å². The molecule has 0 amide bonds. The number of hydrogen-bond donors (Lipinski definition) is 1. The number of allylic oxidation sites excluding steroid dienone is 2. The second kappa shape index (κ2) is 11.4. The number of fused-ring (bicyclic) bond motifs is 6. The molecule has 2 aliphatic heterocycles. The number of hydrogen-bond acceptors (Lipinski definition) is 4. The highest BCUT2D eigenvalue weighted by Crippen LogP contribution is 2.64. The van der Waals surface area contributed by atoms with Crippen LogP contribution < -0.4 is 4.74 Å². The first kappa shape index (κ1) is 30.0. The number of aliphatic hydroxyl groups is 1. The third-order valence-electron chi connectivity index (χ3n) is 13.6. The second-order valence-electron chi connectivity index (χ2n) is 16.2. The van der Waals surface area contributed by atoms with Crippen LogP contribution in [0.15, 0.2) is 77.4 Å². The van der Waals surface area contributed by atoms with Crippen molar-refractivity contribution in [2.45, 2.75) is 116 Å². The Morgan fingerprint density at radius 3 is 2.56 bits per heavy atom. The molecule has 8 rings (SSSR count). The highest BCUT2D eigenvalue weighted by Gasteiger charge is 2.59. The Morgan fingerprint density at radius 2 is 1.76 bits per heavy atom. The van der Waals surface area contributed by atoms with Gasteiger partial charge in [0.25, 0.3) is 0 Å². The Morgan fingerprint density at radius 1 is 0.978 bits per heavy atom. The van der Waals surface area contributed by atoms with E-state index in [0.717, 1.165) is 62.1 Å². The zero-order chi connectivity index (χ0) is 30.9. The summed E-state index contributed by atoms with van der Waals surface area (Å²) in [4.78, 5) is 2.77. The maximum Gasteiger partial charge on any atom is 0.127 e. The fraction of sp³-hybridized carbons (Fsp3) is 0.610. The van der Waals surface area contributed by atoms with E-state index in [0.29, 0.717) is 29.9 Å². The van der Waals surface area contributed by atoms with E-state index in [2.05, 4.69) is 62.9 Å². The zero-order valence-corrected chi connectivity index (χ0v) is 27.9. The minimum Gasteiger partial charge on any atom is -0.457 e. The minimum absolute atomic E-state index is 0.0452. The Bertz CT molecular complexity index is 1460. The Labute approximate surface area is 270 Å². The van der Waals surface area contributed by atoms with E-state index in [1.54, 1.807) is 16.7 Å². The molecule has 4 nitrogen and oxygen atoms in total. The average molecular weight is 608 g/mol. The van der Waals surface area contributed by atoms with Crippen LogP contribution in [0.3, 0.4) is 0 Å². The summed E-state index contributed by atoms with van der Waals surface area (Å²) in [5, 5.41) is 10.4. The summed E-state index contributed by atoms with van der Waals surface area (Å²) in [7, 11) is 0. The van der Waals surface area contributed by atoms with Crippen molar-refractivity contribution in [2.24, 2.45) is 35.0 Å². The second-order valence-corrected chi connectivity index (χ2v) is 16.2. The van der Waals surface area contributed by atoms with Gasteiger partial charge in [-0.25, -0.2) is 0 Å². The average Bonchev–Trinajstić information content (AvgIpc) is 3.49. The lowest BCUT2D eigenvalue weighted by atomic mass is 9.56. The van der Waals surface area contributed by atoms with Crippen LogP contribution in [0.1, 0.15) is 91.0 Å². The molecule has 2 saturated carbocycles. The van der Waals surface area contributed by atoms with Crippen molar-refractivity contribution < 1.29 is 14.6 Å². The lowest BCUT2D eigenvalue weighted by Crippen LogP contribution is -2.51. The number of benzene rings is 2. The predicted octanol–water partition coefficient (Wildman–Crippen LogP) is 9.10. The summed E-state index contributed by atoms with van der Waals surface area (Å²) >= 11 is 0. The summed E-state index contributed by atoms with van der Waals surface area (Å²) < 4.78 is 13.4. The van der Waals surface area contributed by atoms with Gasteiger partial charge in [-0.15, -0.1) is 0 Å². The van der Waals surface area contributed by atoms with Gasteiger partial charge in [0.15, 0.2) is 0 Å². The van der Waals surface area contributed by atoms with Gasteiger partial charge in [0.1, 0.15) is 11.5 Å². The summed E-state index contributed by atoms with van der Waals surface area (Å²) in [5.41, 5.74) is 6.59. The van der Waals surface area contributed by atoms with Crippen molar-refractivity contribution in [2.75, 3.05) is 6.54 Å². The molecule has 2 saturated heterocycles. The minimum atomic E-state index is -0.131. The molecule has 2 heterocycles. The van der Waals surface area contributed by atoms with E-state index < -0.39 is 0 Å². The molecule has 2 aromatic rings. The maximum absolute atomic E-state index is 10.4. The van der Waals surface area contributed by atoms with E-state index >= 15 is 0 Å². The smallest absolute Gasteiger partial charge is 0.127 e.